The molecule has 0 saturated carbocycles. The predicted octanol–water partition coefficient (Wildman–Crippen LogP) is 1.64. The average molecular weight is 632 g/mol. The van der Waals surface area contributed by atoms with Crippen molar-refractivity contribution in [2.75, 3.05) is 37.2 Å². The lowest BCUT2D eigenvalue weighted by Gasteiger charge is -2.34. The molecule has 18 heteroatoms. The summed E-state index contributed by atoms with van der Waals surface area (Å²) in [5.74, 6) is -0.936. The zero-order valence-electron chi connectivity index (χ0n) is 21.4. The third kappa shape index (κ3) is 5.46. The molecule has 3 aliphatic heterocycles. The molecule has 222 valence electrons. The summed E-state index contributed by atoms with van der Waals surface area (Å²) in [7, 11) is -9.55. The molecule has 0 bridgehead atoms. The van der Waals surface area contributed by atoms with Crippen molar-refractivity contribution in [2.45, 2.75) is 42.8 Å². The SMILES string of the molecule is O=P(O)(O)CP(=O)(O)OC[C@H]1O[C@@H](n2cnc3c(N4CC5(CCOCC5)c5ccccc54)nc(Cl)nc32)[C@@H](O)C1O. The molecule has 1 aromatic carbocycles. The number of para-hydroxylation sites is 1. The second-order valence-electron chi connectivity index (χ2n) is 10.4. The van der Waals surface area contributed by atoms with Gasteiger partial charge >= 0.3 is 15.2 Å². The first-order valence-electron chi connectivity index (χ1n) is 12.7. The van der Waals surface area contributed by atoms with Crippen LogP contribution in [0.2, 0.25) is 5.28 Å². The Morgan fingerprint density at radius 2 is 1.83 bits per heavy atom. The van der Waals surface area contributed by atoms with Crippen LogP contribution in [0.4, 0.5) is 11.5 Å². The lowest BCUT2D eigenvalue weighted by Crippen LogP contribution is -2.37. The molecule has 5 atom stereocenters. The number of ether oxygens (including phenoxy) is 2. The molecular formula is C23H28ClN5O10P2. The topological polar surface area (TPSA) is 210 Å². The van der Waals surface area contributed by atoms with E-state index in [1.54, 1.807) is 0 Å². The van der Waals surface area contributed by atoms with Crippen molar-refractivity contribution in [3.05, 3.63) is 41.4 Å². The van der Waals surface area contributed by atoms with Crippen LogP contribution in [-0.4, -0.2) is 95.0 Å². The number of rotatable bonds is 7. The standard InChI is InChI=1S/C23H28ClN5O10P2/c24-22-26-19(28-10-23(5-7-37-8-6-23)13-3-1-2-4-14(13)28)16-20(27-22)29(11-25-16)21-18(31)17(30)15(39-21)9-38-41(35,36)12-40(32,33)34/h1-4,11,15,17-18,21,30-31H,5-10,12H2,(H,35,36)(H2,32,33,34)/t15-,17?,18+,21-/m1/s1. The molecule has 2 unspecified atom stereocenters. The molecule has 2 aromatic heterocycles. The first-order valence-corrected chi connectivity index (χ1v) is 16.7. The van der Waals surface area contributed by atoms with Gasteiger partial charge in [-0.05, 0) is 36.1 Å². The van der Waals surface area contributed by atoms with Crippen molar-refractivity contribution in [1.29, 1.82) is 0 Å². The van der Waals surface area contributed by atoms with E-state index in [1.165, 1.54) is 16.5 Å². The molecule has 6 rings (SSSR count). The number of nitrogens with zero attached hydrogens (tertiary/aromatic N) is 5. The summed E-state index contributed by atoms with van der Waals surface area (Å²) in [4.78, 5) is 43.1. The number of hydrogen-bond donors (Lipinski definition) is 5. The van der Waals surface area contributed by atoms with Crippen LogP contribution in [0, 0.1) is 0 Å². The highest BCUT2D eigenvalue weighted by atomic mass is 35.5. The van der Waals surface area contributed by atoms with Gasteiger partial charge in [-0.25, -0.2) is 4.98 Å². The van der Waals surface area contributed by atoms with Gasteiger partial charge in [0.25, 0.3) is 0 Å². The van der Waals surface area contributed by atoms with E-state index in [-0.39, 0.29) is 16.3 Å². The maximum atomic E-state index is 12.0. The second kappa shape index (κ2) is 10.6. The van der Waals surface area contributed by atoms with Crippen LogP contribution in [0.5, 0.6) is 0 Å². The smallest absolute Gasteiger partial charge is 0.340 e. The largest absolute Gasteiger partial charge is 0.387 e. The van der Waals surface area contributed by atoms with E-state index in [2.05, 4.69) is 21.0 Å². The lowest BCUT2D eigenvalue weighted by atomic mass is 9.76. The molecule has 3 aliphatic rings. The third-order valence-electron chi connectivity index (χ3n) is 7.72. The molecule has 0 radical (unpaired) electrons. The molecule has 0 aliphatic carbocycles. The van der Waals surface area contributed by atoms with E-state index >= 15 is 0 Å². The normalized spacial score (nSPS) is 27.4. The number of fused-ring (bicyclic) bond motifs is 3. The van der Waals surface area contributed by atoms with Crippen LogP contribution < -0.4 is 4.90 Å². The summed E-state index contributed by atoms with van der Waals surface area (Å²) in [6.07, 6.45) is -2.60. The summed E-state index contributed by atoms with van der Waals surface area (Å²) < 4.78 is 40.7. The van der Waals surface area contributed by atoms with Crippen molar-refractivity contribution in [3.8, 4) is 0 Å². The Labute approximate surface area is 238 Å². The van der Waals surface area contributed by atoms with Crippen molar-refractivity contribution in [2.24, 2.45) is 0 Å². The highest BCUT2D eigenvalue weighted by molar-refractivity contribution is 7.70. The van der Waals surface area contributed by atoms with Gasteiger partial charge in [0.05, 0.1) is 12.9 Å². The van der Waals surface area contributed by atoms with Gasteiger partial charge in [-0.15, -0.1) is 0 Å². The number of aliphatic hydroxyl groups excluding tert-OH is 2. The Morgan fingerprint density at radius 1 is 1.10 bits per heavy atom. The van der Waals surface area contributed by atoms with Gasteiger partial charge in [-0.3, -0.25) is 13.7 Å². The third-order valence-corrected chi connectivity index (χ3v) is 11.3. The molecule has 5 N–H and O–H groups in total. The van der Waals surface area contributed by atoms with E-state index in [0.717, 1.165) is 18.5 Å². The number of hydrogen-bond acceptors (Lipinski definition) is 11. The Morgan fingerprint density at radius 3 is 2.56 bits per heavy atom. The van der Waals surface area contributed by atoms with Crippen LogP contribution in [0.25, 0.3) is 11.2 Å². The number of imidazole rings is 1. The van der Waals surface area contributed by atoms with Crippen molar-refractivity contribution >= 4 is 49.5 Å². The molecule has 15 nitrogen and oxygen atoms in total. The van der Waals surface area contributed by atoms with E-state index in [9.17, 15) is 24.2 Å². The van der Waals surface area contributed by atoms with Crippen molar-refractivity contribution in [1.82, 2.24) is 19.5 Å². The summed E-state index contributed by atoms with van der Waals surface area (Å²) in [5, 5.41) is 21.3. The Kier molecular flexibility index (Phi) is 7.53. The quantitative estimate of drug-likeness (QED) is 0.185. The number of aromatic nitrogens is 4. The molecule has 41 heavy (non-hydrogen) atoms. The highest BCUT2D eigenvalue weighted by Gasteiger charge is 2.47. The first kappa shape index (κ1) is 29.1. The van der Waals surface area contributed by atoms with Gasteiger partial charge < -0.3 is 43.8 Å². The van der Waals surface area contributed by atoms with Crippen LogP contribution in [0.15, 0.2) is 30.6 Å². The molecule has 3 aromatic rings. The van der Waals surface area contributed by atoms with Gasteiger partial charge in [0, 0.05) is 30.9 Å². The number of anilines is 2. The Balaban J connectivity index is 1.30. The molecule has 1 spiro atoms. The van der Waals surface area contributed by atoms with Gasteiger partial charge in [0.15, 0.2) is 29.1 Å². The molecule has 2 saturated heterocycles. The monoisotopic (exact) mass is 631 g/mol. The molecule has 2 fully saturated rings. The van der Waals surface area contributed by atoms with Gasteiger partial charge in [-0.2, -0.15) is 9.97 Å². The predicted molar refractivity (Wildman–Crippen MR) is 144 cm³/mol. The Bertz CT molecular complexity index is 1560. The second-order valence-corrected chi connectivity index (χ2v) is 14.8. The highest BCUT2D eigenvalue weighted by Crippen LogP contribution is 2.55. The summed E-state index contributed by atoms with van der Waals surface area (Å²) in [6.45, 7) is 1.20. The lowest BCUT2D eigenvalue weighted by molar-refractivity contribution is -0.0483. The minimum absolute atomic E-state index is 0.0776. The van der Waals surface area contributed by atoms with Gasteiger partial charge in [0.1, 0.15) is 18.3 Å². The Hall–Kier alpha value is -2.00. The number of halogens is 1. The van der Waals surface area contributed by atoms with E-state index < -0.39 is 52.2 Å². The molecular weight excluding hydrogens is 604 g/mol. The summed E-state index contributed by atoms with van der Waals surface area (Å²) in [6, 6.07) is 8.06. The fraction of sp³-hybridized carbons (Fsp3) is 0.522. The van der Waals surface area contributed by atoms with Crippen LogP contribution >= 0.6 is 26.8 Å². The maximum Gasteiger partial charge on any atom is 0.340 e. The van der Waals surface area contributed by atoms with Crippen LogP contribution in [0.3, 0.4) is 0 Å². The average Bonchev–Trinajstić information content (AvgIpc) is 3.55. The van der Waals surface area contributed by atoms with E-state index in [0.29, 0.717) is 31.1 Å². The maximum absolute atomic E-state index is 12.0. The number of aliphatic hydroxyl groups is 2. The van der Waals surface area contributed by atoms with Crippen molar-refractivity contribution in [3.63, 3.8) is 0 Å². The minimum Gasteiger partial charge on any atom is -0.387 e. The summed E-state index contributed by atoms with van der Waals surface area (Å²) >= 11 is 6.38. The van der Waals surface area contributed by atoms with Crippen molar-refractivity contribution < 1.29 is 48.0 Å². The fourth-order valence-electron chi connectivity index (χ4n) is 5.82. The van der Waals surface area contributed by atoms with Gasteiger partial charge in [0.2, 0.25) is 5.28 Å². The first-order chi connectivity index (χ1) is 19.4. The van der Waals surface area contributed by atoms with E-state index in [1.807, 2.05) is 23.1 Å². The summed E-state index contributed by atoms with van der Waals surface area (Å²) in [5.41, 5.74) is 2.62. The molecule has 5 heterocycles. The van der Waals surface area contributed by atoms with Gasteiger partial charge in [-0.1, -0.05) is 18.2 Å². The van der Waals surface area contributed by atoms with Crippen LogP contribution in [-0.2, 0) is 28.5 Å². The van der Waals surface area contributed by atoms with E-state index in [4.69, 9.17) is 35.4 Å². The zero-order valence-corrected chi connectivity index (χ0v) is 24.0. The fourth-order valence-corrected chi connectivity index (χ4v) is 8.55. The zero-order chi connectivity index (χ0) is 29.2. The van der Waals surface area contributed by atoms with Crippen LogP contribution in [0.1, 0.15) is 24.6 Å². The molecule has 0 amide bonds. The minimum atomic E-state index is -4.85. The number of benzene rings is 1.